The van der Waals surface area contributed by atoms with Gasteiger partial charge in [0.05, 0.1) is 11.6 Å². The van der Waals surface area contributed by atoms with Gasteiger partial charge in [0.25, 0.3) is 5.91 Å². The van der Waals surface area contributed by atoms with E-state index in [1.807, 2.05) is 25.1 Å². The highest BCUT2D eigenvalue weighted by Gasteiger charge is 2.12. The highest BCUT2D eigenvalue weighted by atomic mass is 79.9. The zero-order chi connectivity index (χ0) is 11.4. The molecule has 0 saturated heterocycles. The van der Waals surface area contributed by atoms with Gasteiger partial charge in [-0.15, -0.1) is 0 Å². The van der Waals surface area contributed by atoms with E-state index in [1.54, 1.807) is 13.0 Å². The number of aryl methyl sites for hydroxylation is 1. The van der Waals surface area contributed by atoms with Crippen molar-refractivity contribution in [1.82, 2.24) is 5.32 Å². The fourth-order valence-corrected chi connectivity index (χ4v) is 1.57. The standard InChI is InChI=1S/C11H11BrN2O/c1-7-4-3-5-9(10(7)12)11(15)14-8(2)6-13/h3-5,8H,1-2H3,(H,14,15). The van der Waals surface area contributed by atoms with E-state index in [4.69, 9.17) is 5.26 Å². The Balaban J connectivity index is 2.93. The van der Waals surface area contributed by atoms with Crippen LogP contribution in [0, 0.1) is 18.3 Å². The van der Waals surface area contributed by atoms with Crippen LogP contribution in [0.1, 0.15) is 22.8 Å². The zero-order valence-electron chi connectivity index (χ0n) is 8.54. The van der Waals surface area contributed by atoms with Gasteiger partial charge in [-0.05, 0) is 41.4 Å². The molecule has 0 aliphatic heterocycles. The number of nitriles is 1. The first-order chi connectivity index (χ1) is 7.06. The molecule has 0 bridgehead atoms. The molecule has 1 aromatic carbocycles. The van der Waals surface area contributed by atoms with Crippen LogP contribution in [0.15, 0.2) is 22.7 Å². The molecule has 78 valence electrons. The fraction of sp³-hybridized carbons (Fsp3) is 0.273. The van der Waals surface area contributed by atoms with E-state index in [0.29, 0.717) is 5.56 Å². The van der Waals surface area contributed by atoms with E-state index >= 15 is 0 Å². The second kappa shape index (κ2) is 4.94. The molecular formula is C11H11BrN2O. The van der Waals surface area contributed by atoms with Crippen LogP contribution in [0.5, 0.6) is 0 Å². The normalized spacial score (nSPS) is 11.6. The number of hydrogen-bond donors (Lipinski definition) is 1. The summed E-state index contributed by atoms with van der Waals surface area (Å²) < 4.78 is 0.771. The molecule has 1 aromatic rings. The number of amides is 1. The lowest BCUT2D eigenvalue weighted by Crippen LogP contribution is -2.31. The molecule has 1 unspecified atom stereocenters. The number of rotatable bonds is 2. The van der Waals surface area contributed by atoms with Crippen LogP contribution in [0.2, 0.25) is 0 Å². The van der Waals surface area contributed by atoms with Gasteiger partial charge in [0, 0.05) is 4.47 Å². The maximum absolute atomic E-state index is 11.7. The van der Waals surface area contributed by atoms with Crippen LogP contribution in [0.4, 0.5) is 0 Å². The second-order valence-electron chi connectivity index (χ2n) is 3.26. The summed E-state index contributed by atoms with van der Waals surface area (Å²) in [6.45, 7) is 3.55. The molecule has 1 N–H and O–H groups in total. The smallest absolute Gasteiger partial charge is 0.253 e. The van der Waals surface area contributed by atoms with Gasteiger partial charge in [-0.25, -0.2) is 0 Å². The summed E-state index contributed by atoms with van der Waals surface area (Å²) in [5, 5.41) is 11.2. The third-order valence-corrected chi connectivity index (χ3v) is 3.03. The molecule has 1 amide bonds. The molecule has 0 fully saturated rings. The summed E-state index contributed by atoms with van der Waals surface area (Å²) in [5.41, 5.74) is 1.55. The predicted octanol–water partition coefficient (Wildman–Crippen LogP) is 2.40. The predicted molar refractivity (Wildman–Crippen MR) is 61.4 cm³/mol. The van der Waals surface area contributed by atoms with Crippen LogP contribution >= 0.6 is 15.9 Å². The Labute approximate surface area is 97.2 Å². The molecule has 1 rings (SSSR count). The van der Waals surface area contributed by atoms with Crippen molar-refractivity contribution in [3.63, 3.8) is 0 Å². The lowest BCUT2D eigenvalue weighted by molar-refractivity contribution is 0.0947. The molecule has 0 aliphatic carbocycles. The Hall–Kier alpha value is -1.34. The minimum Gasteiger partial charge on any atom is -0.336 e. The first-order valence-electron chi connectivity index (χ1n) is 4.52. The SMILES string of the molecule is Cc1cccc(C(=O)NC(C)C#N)c1Br. The van der Waals surface area contributed by atoms with Crippen molar-refractivity contribution in [2.24, 2.45) is 0 Å². The van der Waals surface area contributed by atoms with Gasteiger partial charge in [-0.2, -0.15) is 5.26 Å². The summed E-state index contributed by atoms with van der Waals surface area (Å²) >= 11 is 3.35. The Bertz CT molecular complexity index is 423. The number of halogens is 1. The Morgan fingerprint density at radius 2 is 2.27 bits per heavy atom. The van der Waals surface area contributed by atoms with Crippen LogP contribution in [0.3, 0.4) is 0 Å². The van der Waals surface area contributed by atoms with E-state index < -0.39 is 6.04 Å². The fourth-order valence-electron chi connectivity index (χ4n) is 1.13. The average Bonchev–Trinajstić information content (AvgIpc) is 2.21. The van der Waals surface area contributed by atoms with E-state index in [2.05, 4.69) is 21.2 Å². The van der Waals surface area contributed by atoms with Crippen LogP contribution in [-0.2, 0) is 0 Å². The summed E-state index contributed by atoms with van der Waals surface area (Å²) in [6.07, 6.45) is 0. The van der Waals surface area contributed by atoms with Crippen molar-refractivity contribution in [3.05, 3.63) is 33.8 Å². The molecule has 0 heterocycles. The molecule has 0 radical (unpaired) electrons. The maximum atomic E-state index is 11.7. The van der Waals surface area contributed by atoms with E-state index in [-0.39, 0.29) is 5.91 Å². The average molecular weight is 267 g/mol. The first kappa shape index (κ1) is 11.7. The van der Waals surface area contributed by atoms with Crippen molar-refractivity contribution in [3.8, 4) is 6.07 Å². The number of carbonyl (C=O) groups excluding carboxylic acids is 1. The Kier molecular flexibility index (Phi) is 3.87. The number of nitrogens with zero attached hydrogens (tertiary/aromatic N) is 1. The van der Waals surface area contributed by atoms with Gasteiger partial charge in [0.15, 0.2) is 0 Å². The Morgan fingerprint density at radius 1 is 1.60 bits per heavy atom. The monoisotopic (exact) mass is 266 g/mol. The second-order valence-corrected chi connectivity index (χ2v) is 4.05. The molecule has 15 heavy (non-hydrogen) atoms. The minimum absolute atomic E-state index is 0.236. The maximum Gasteiger partial charge on any atom is 0.253 e. The van der Waals surface area contributed by atoms with Crippen molar-refractivity contribution in [1.29, 1.82) is 5.26 Å². The number of carbonyl (C=O) groups is 1. The van der Waals surface area contributed by atoms with Crippen molar-refractivity contribution < 1.29 is 4.79 Å². The highest BCUT2D eigenvalue weighted by molar-refractivity contribution is 9.10. The number of benzene rings is 1. The van der Waals surface area contributed by atoms with Crippen molar-refractivity contribution in [2.45, 2.75) is 19.9 Å². The van der Waals surface area contributed by atoms with Crippen molar-refractivity contribution in [2.75, 3.05) is 0 Å². The molecule has 0 aliphatic rings. The lowest BCUT2D eigenvalue weighted by Gasteiger charge is -2.09. The molecule has 0 aromatic heterocycles. The molecule has 1 atom stereocenters. The summed E-state index contributed by atoms with van der Waals surface area (Å²) in [4.78, 5) is 11.7. The van der Waals surface area contributed by atoms with E-state index in [1.165, 1.54) is 0 Å². The Morgan fingerprint density at radius 3 is 2.87 bits per heavy atom. The third kappa shape index (κ3) is 2.80. The highest BCUT2D eigenvalue weighted by Crippen LogP contribution is 2.20. The van der Waals surface area contributed by atoms with Crippen LogP contribution in [0.25, 0.3) is 0 Å². The quantitative estimate of drug-likeness (QED) is 0.894. The molecule has 3 nitrogen and oxygen atoms in total. The summed E-state index contributed by atoms with van der Waals surface area (Å²) in [5.74, 6) is -0.236. The first-order valence-corrected chi connectivity index (χ1v) is 5.31. The van der Waals surface area contributed by atoms with Gasteiger partial charge in [0.2, 0.25) is 0 Å². The van der Waals surface area contributed by atoms with Gasteiger partial charge < -0.3 is 5.32 Å². The van der Waals surface area contributed by atoms with Crippen molar-refractivity contribution >= 4 is 21.8 Å². The summed E-state index contributed by atoms with van der Waals surface area (Å²) in [7, 11) is 0. The van der Waals surface area contributed by atoms with Crippen LogP contribution < -0.4 is 5.32 Å². The van der Waals surface area contributed by atoms with Gasteiger partial charge in [0.1, 0.15) is 6.04 Å². The lowest BCUT2D eigenvalue weighted by atomic mass is 10.1. The number of hydrogen-bond acceptors (Lipinski definition) is 2. The molecular weight excluding hydrogens is 256 g/mol. The molecule has 0 saturated carbocycles. The minimum atomic E-state index is -0.482. The topological polar surface area (TPSA) is 52.9 Å². The van der Waals surface area contributed by atoms with Crippen LogP contribution in [-0.4, -0.2) is 11.9 Å². The zero-order valence-corrected chi connectivity index (χ0v) is 10.1. The molecule has 4 heteroatoms. The van der Waals surface area contributed by atoms with Gasteiger partial charge >= 0.3 is 0 Å². The molecule has 0 spiro atoms. The van der Waals surface area contributed by atoms with Gasteiger partial charge in [-0.1, -0.05) is 12.1 Å². The van der Waals surface area contributed by atoms with E-state index in [0.717, 1.165) is 10.0 Å². The third-order valence-electron chi connectivity index (χ3n) is 1.98. The summed E-state index contributed by atoms with van der Waals surface area (Å²) in [6, 6.07) is 6.91. The largest absolute Gasteiger partial charge is 0.336 e. The van der Waals surface area contributed by atoms with Gasteiger partial charge in [-0.3, -0.25) is 4.79 Å². The van der Waals surface area contributed by atoms with E-state index in [9.17, 15) is 4.79 Å². The number of nitrogens with one attached hydrogen (secondary N) is 1.